The van der Waals surface area contributed by atoms with Crippen molar-refractivity contribution < 1.29 is 19.4 Å². The first-order valence-corrected chi connectivity index (χ1v) is 8.29. The van der Waals surface area contributed by atoms with Gasteiger partial charge in [-0.1, -0.05) is 6.07 Å². The second-order valence-corrected chi connectivity index (χ2v) is 6.36. The normalized spacial score (nSPS) is 11.8. The summed E-state index contributed by atoms with van der Waals surface area (Å²) in [5.74, 6) is 0.875. The fourth-order valence-electron chi connectivity index (χ4n) is 1.69. The molecule has 2 N–H and O–H groups in total. The fourth-order valence-corrected chi connectivity index (χ4v) is 3.24. The lowest BCUT2D eigenvalue weighted by Gasteiger charge is -2.12. The zero-order valence-electron chi connectivity index (χ0n) is 11.9. The molecule has 116 valence electrons. The van der Waals surface area contributed by atoms with Crippen molar-refractivity contribution in [1.82, 2.24) is 5.32 Å². The molecule has 0 aliphatic carbocycles. The van der Waals surface area contributed by atoms with Crippen LogP contribution in [0.2, 0.25) is 0 Å². The van der Waals surface area contributed by atoms with Gasteiger partial charge in [0.15, 0.2) is 0 Å². The van der Waals surface area contributed by atoms with Crippen LogP contribution in [0.3, 0.4) is 0 Å². The van der Waals surface area contributed by atoms with Crippen molar-refractivity contribution in [3.63, 3.8) is 0 Å². The van der Waals surface area contributed by atoms with Gasteiger partial charge in [0, 0.05) is 12.7 Å². The Balaban J connectivity index is 2.40. The second-order valence-electron chi connectivity index (χ2n) is 4.40. The van der Waals surface area contributed by atoms with Crippen LogP contribution in [0.1, 0.15) is 18.9 Å². The molecule has 0 saturated carbocycles. The first-order chi connectivity index (χ1) is 9.93. The number of hydrogen-bond acceptors (Lipinski definition) is 4. The smallest absolute Gasteiger partial charge is 0.326 e. The minimum Gasteiger partial charge on any atom is -0.496 e. The summed E-state index contributed by atoms with van der Waals surface area (Å²) in [7, 11) is 1.61. The number of carboxylic acids is 1. The van der Waals surface area contributed by atoms with Crippen molar-refractivity contribution >= 4 is 39.6 Å². The fraction of sp³-hybridized carbons (Fsp3) is 0.429. The van der Waals surface area contributed by atoms with Crippen LogP contribution < -0.4 is 10.1 Å². The van der Waals surface area contributed by atoms with Gasteiger partial charge in [-0.2, -0.15) is 11.8 Å². The average molecular weight is 376 g/mol. The molecule has 0 saturated heterocycles. The lowest BCUT2D eigenvalue weighted by atomic mass is 10.2. The number of amides is 1. The number of aliphatic carboxylic acids is 1. The number of halogens is 1. The quantitative estimate of drug-likeness (QED) is 0.683. The van der Waals surface area contributed by atoms with Gasteiger partial charge >= 0.3 is 5.97 Å². The zero-order valence-corrected chi connectivity index (χ0v) is 14.3. The highest BCUT2D eigenvalue weighted by Gasteiger charge is 2.17. The summed E-state index contributed by atoms with van der Waals surface area (Å²) in [4.78, 5) is 21.9. The molecule has 0 bridgehead atoms. The SMILES string of the molecule is COc1ccc(CSCCC(NC(C)=O)C(=O)O)cc1Br. The minimum absolute atomic E-state index is 0.327. The highest BCUT2D eigenvalue weighted by Crippen LogP contribution is 2.27. The molecule has 5 nitrogen and oxygen atoms in total. The number of carbonyl (C=O) groups excluding carboxylic acids is 1. The lowest BCUT2D eigenvalue weighted by molar-refractivity contribution is -0.141. The van der Waals surface area contributed by atoms with Gasteiger partial charge in [-0.3, -0.25) is 4.79 Å². The Kier molecular flexibility index (Phi) is 7.60. The van der Waals surface area contributed by atoms with Gasteiger partial charge < -0.3 is 15.2 Å². The maximum atomic E-state index is 11.0. The summed E-state index contributed by atoms with van der Waals surface area (Å²) < 4.78 is 6.05. The Labute approximate surface area is 136 Å². The van der Waals surface area contributed by atoms with Gasteiger partial charge in [-0.05, 0) is 45.8 Å². The summed E-state index contributed by atoms with van der Waals surface area (Å²) in [6.07, 6.45) is 0.400. The van der Waals surface area contributed by atoms with Crippen molar-refractivity contribution in [1.29, 1.82) is 0 Å². The van der Waals surface area contributed by atoms with Crippen molar-refractivity contribution in [2.75, 3.05) is 12.9 Å². The molecule has 0 aromatic heterocycles. The summed E-state index contributed by atoms with van der Waals surface area (Å²) in [5.41, 5.74) is 1.12. The predicted molar refractivity (Wildman–Crippen MR) is 86.7 cm³/mol. The monoisotopic (exact) mass is 375 g/mol. The first-order valence-electron chi connectivity index (χ1n) is 6.34. The number of hydrogen-bond donors (Lipinski definition) is 2. The van der Waals surface area contributed by atoms with Crippen molar-refractivity contribution in [3.8, 4) is 5.75 Å². The number of nitrogens with one attached hydrogen (secondary N) is 1. The van der Waals surface area contributed by atoms with E-state index >= 15 is 0 Å². The van der Waals surface area contributed by atoms with Crippen LogP contribution >= 0.6 is 27.7 Å². The molecule has 0 heterocycles. The van der Waals surface area contributed by atoms with Crippen LogP contribution in [-0.2, 0) is 15.3 Å². The van der Waals surface area contributed by atoms with E-state index < -0.39 is 12.0 Å². The third-order valence-electron chi connectivity index (χ3n) is 2.71. The molecule has 0 aliphatic heterocycles. The lowest BCUT2D eigenvalue weighted by Crippen LogP contribution is -2.39. The topological polar surface area (TPSA) is 75.6 Å². The first kappa shape index (κ1) is 17.8. The number of methoxy groups -OCH3 is 1. The van der Waals surface area contributed by atoms with Crippen molar-refractivity contribution in [3.05, 3.63) is 28.2 Å². The van der Waals surface area contributed by atoms with Crippen LogP contribution in [0.4, 0.5) is 0 Å². The van der Waals surface area contributed by atoms with E-state index in [0.717, 1.165) is 21.5 Å². The molecule has 21 heavy (non-hydrogen) atoms. The van der Waals surface area contributed by atoms with Crippen LogP contribution in [0.25, 0.3) is 0 Å². The highest BCUT2D eigenvalue weighted by molar-refractivity contribution is 9.10. The van der Waals surface area contributed by atoms with Gasteiger partial charge in [-0.15, -0.1) is 0 Å². The molecule has 1 rings (SSSR count). The molecule has 0 radical (unpaired) electrons. The standard InChI is InChI=1S/C14H18BrNO4S/c1-9(17)16-12(14(18)19)5-6-21-8-10-3-4-13(20-2)11(15)7-10/h3-4,7,12H,5-6,8H2,1-2H3,(H,16,17)(H,18,19). The Hall–Kier alpha value is -1.21. The molecule has 7 heteroatoms. The van der Waals surface area contributed by atoms with E-state index in [-0.39, 0.29) is 5.91 Å². The molecular formula is C14H18BrNO4S. The average Bonchev–Trinajstić information content (AvgIpc) is 2.41. The predicted octanol–water partition coefficient (Wildman–Crippen LogP) is 2.67. The molecule has 1 atom stereocenters. The van der Waals surface area contributed by atoms with Gasteiger partial charge in [0.05, 0.1) is 11.6 Å². The number of ether oxygens (including phenoxy) is 1. The van der Waals surface area contributed by atoms with Crippen LogP contribution in [0, 0.1) is 0 Å². The Morgan fingerprint density at radius 1 is 1.48 bits per heavy atom. The van der Waals surface area contributed by atoms with Crippen molar-refractivity contribution in [2.24, 2.45) is 0 Å². The van der Waals surface area contributed by atoms with E-state index in [0.29, 0.717) is 12.2 Å². The van der Waals surface area contributed by atoms with Crippen LogP contribution in [0.15, 0.2) is 22.7 Å². The summed E-state index contributed by atoms with van der Waals surface area (Å²) in [5, 5.41) is 11.4. The largest absolute Gasteiger partial charge is 0.496 e. The van der Waals surface area contributed by atoms with Crippen LogP contribution in [0.5, 0.6) is 5.75 Å². The zero-order chi connectivity index (χ0) is 15.8. The molecule has 0 spiro atoms. The molecule has 1 unspecified atom stereocenters. The number of rotatable bonds is 8. The van der Waals surface area contributed by atoms with E-state index in [4.69, 9.17) is 9.84 Å². The van der Waals surface area contributed by atoms with Gasteiger partial charge in [0.25, 0.3) is 0 Å². The maximum Gasteiger partial charge on any atom is 0.326 e. The van der Waals surface area contributed by atoms with E-state index in [1.807, 2.05) is 18.2 Å². The Morgan fingerprint density at radius 2 is 2.19 bits per heavy atom. The minimum atomic E-state index is -1.00. The molecule has 1 aromatic carbocycles. The van der Waals surface area contributed by atoms with Crippen LogP contribution in [-0.4, -0.2) is 35.9 Å². The van der Waals surface area contributed by atoms with Gasteiger partial charge in [0.1, 0.15) is 11.8 Å². The molecule has 0 aliphatic rings. The maximum absolute atomic E-state index is 11.0. The Morgan fingerprint density at radius 3 is 2.71 bits per heavy atom. The van der Waals surface area contributed by atoms with E-state index in [2.05, 4.69) is 21.2 Å². The molecular weight excluding hydrogens is 358 g/mol. The van der Waals surface area contributed by atoms with E-state index in [1.165, 1.54) is 6.92 Å². The molecule has 0 fully saturated rings. The highest BCUT2D eigenvalue weighted by atomic mass is 79.9. The number of carboxylic acid groups (broad SMARTS) is 1. The molecule has 1 aromatic rings. The third kappa shape index (κ3) is 6.39. The third-order valence-corrected chi connectivity index (χ3v) is 4.39. The van der Waals surface area contributed by atoms with Gasteiger partial charge in [0.2, 0.25) is 5.91 Å². The number of thioether (sulfide) groups is 1. The number of carbonyl (C=O) groups is 2. The van der Waals surface area contributed by atoms with E-state index in [9.17, 15) is 9.59 Å². The number of benzene rings is 1. The summed E-state index contributed by atoms with van der Waals surface area (Å²) in [6.45, 7) is 1.32. The summed E-state index contributed by atoms with van der Waals surface area (Å²) >= 11 is 5.05. The van der Waals surface area contributed by atoms with Crippen molar-refractivity contribution in [2.45, 2.75) is 25.1 Å². The molecule has 1 amide bonds. The van der Waals surface area contributed by atoms with Gasteiger partial charge in [-0.25, -0.2) is 4.79 Å². The second kappa shape index (κ2) is 8.94. The van der Waals surface area contributed by atoms with E-state index in [1.54, 1.807) is 18.9 Å². The Bertz CT molecular complexity index is 510. The summed E-state index contributed by atoms with van der Waals surface area (Å²) in [6, 6.07) is 5.02.